The largest absolute Gasteiger partial charge is 0.744 e. The van der Waals surface area contributed by atoms with Crippen LogP contribution in [0.4, 0.5) is 5.69 Å². The first-order chi connectivity index (χ1) is 19.2. The molecule has 0 fully saturated rings. The molecule has 0 aliphatic carbocycles. The van der Waals surface area contributed by atoms with E-state index in [2.05, 4.69) is 88.8 Å². The van der Waals surface area contributed by atoms with Gasteiger partial charge in [-0.1, -0.05) is 49.0 Å². The minimum Gasteiger partial charge on any atom is -0.744 e. The number of phenolic OH excluding ortho intramolecular Hbond substituents is 1. The predicted molar refractivity (Wildman–Crippen MR) is 158 cm³/mol. The van der Waals surface area contributed by atoms with Crippen LogP contribution >= 0.6 is 0 Å². The third kappa shape index (κ3) is 6.15. The average Bonchev–Trinajstić information content (AvgIpc) is 2.94. The zero-order valence-electron chi connectivity index (χ0n) is 22.5. The lowest BCUT2D eigenvalue weighted by Crippen LogP contribution is -2.34. The minimum absolute atomic E-state index is 0.148. The molecule has 0 radical (unpaired) electrons. The number of phenols is 1. The van der Waals surface area contributed by atoms with Crippen LogP contribution in [0.3, 0.4) is 0 Å². The summed E-state index contributed by atoms with van der Waals surface area (Å²) in [6, 6.07) is 29.4. The van der Waals surface area contributed by atoms with Crippen molar-refractivity contribution in [1.29, 1.82) is 0 Å². The van der Waals surface area contributed by atoms with Gasteiger partial charge in [0.2, 0.25) is 11.0 Å². The van der Waals surface area contributed by atoms with Crippen LogP contribution in [0.1, 0.15) is 5.56 Å². The van der Waals surface area contributed by atoms with Gasteiger partial charge in [-0.05, 0) is 60.5 Å². The van der Waals surface area contributed by atoms with E-state index in [1.807, 2.05) is 13.1 Å². The topological polar surface area (TPSA) is 105 Å². The van der Waals surface area contributed by atoms with Gasteiger partial charge in [0.15, 0.2) is 6.54 Å². The highest BCUT2D eigenvalue weighted by atomic mass is 32.2. The fourth-order valence-electron chi connectivity index (χ4n) is 4.77. The number of pyridine rings is 1. The molecule has 0 spiro atoms. The second-order valence-electron chi connectivity index (χ2n) is 9.40. The van der Waals surface area contributed by atoms with Crippen molar-refractivity contribution in [1.82, 2.24) is 0 Å². The maximum Gasteiger partial charge on any atom is 0.213 e. The van der Waals surface area contributed by atoms with Crippen LogP contribution in [0.2, 0.25) is 0 Å². The molecule has 0 unspecified atom stereocenters. The molecule has 7 nitrogen and oxygen atoms in total. The number of aryl methyl sites for hydroxylation is 1. The molecule has 8 heteroatoms. The van der Waals surface area contributed by atoms with E-state index in [0.29, 0.717) is 12.1 Å². The van der Waals surface area contributed by atoms with Gasteiger partial charge in [-0.2, -0.15) is 4.57 Å². The second kappa shape index (κ2) is 12.3. The zero-order valence-corrected chi connectivity index (χ0v) is 23.3. The van der Waals surface area contributed by atoms with Crippen molar-refractivity contribution in [3.05, 3.63) is 109 Å². The number of nitrogens with zero attached hydrogens (tertiary/aromatic N) is 2. The van der Waals surface area contributed by atoms with E-state index in [1.54, 1.807) is 0 Å². The highest BCUT2D eigenvalue weighted by molar-refractivity contribution is 7.85. The van der Waals surface area contributed by atoms with Crippen LogP contribution in [0.25, 0.3) is 32.9 Å². The Hall–Kier alpha value is -4.24. The Morgan fingerprint density at radius 3 is 2.00 bits per heavy atom. The molecule has 0 saturated heterocycles. The normalized spacial score (nSPS) is 11.2. The Labute approximate surface area is 234 Å². The first-order valence-electron chi connectivity index (χ1n) is 12.8. The van der Waals surface area contributed by atoms with Crippen molar-refractivity contribution in [3.8, 4) is 16.9 Å². The highest BCUT2D eigenvalue weighted by Crippen LogP contribution is 2.34. The standard InChI is InChI=1S/C25H25N2O.C7H8O4S/c1-3-16-27-23-10-6-4-8-21(23)25(22-9-5-7-11-24(22)27)19-12-14-20(15-13-19)26(2)17-18-28;1-5-2-3-6(8)4-7(5)12(9,10)11/h3-15,28H,1,16-18H2,2H3;2-4,8H,1H3,(H,9,10,11)/q+1;/p-1. The number of hydrogen-bond acceptors (Lipinski definition) is 6. The van der Waals surface area contributed by atoms with E-state index in [0.717, 1.165) is 18.3 Å². The van der Waals surface area contributed by atoms with Crippen molar-refractivity contribution in [2.24, 2.45) is 0 Å². The molecule has 5 aromatic rings. The molecule has 2 N–H and O–H groups in total. The molecule has 1 aromatic heterocycles. The minimum atomic E-state index is -4.47. The number of aliphatic hydroxyl groups is 1. The van der Waals surface area contributed by atoms with Gasteiger partial charge in [0.05, 0.1) is 22.3 Å². The summed E-state index contributed by atoms with van der Waals surface area (Å²) in [6.07, 6.45) is 1.95. The smallest absolute Gasteiger partial charge is 0.213 e. The Morgan fingerprint density at radius 2 is 1.50 bits per heavy atom. The lowest BCUT2D eigenvalue weighted by atomic mass is 9.95. The summed E-state index contributed by atoms with van der Waals surface area (Å²) in [6.45, 7) is 6.98. The lowest BCUT2D eigenvalue weighted by molar-refractivity contribution is -0.634. The van der Waals surface area contributed by atoms with Crippen LogP contribution in [0.5, 0.6) is 5.75 Å². The molecule has 1 heterocycles. The molecular formula is C32H32N2O5S. The molecule has 0 bridgehead atoms. The number of benzene rings is 4. The zero-order chi connectivity index (χ0) is 28.9. The van der Waals surface area contributed by atoms with Crippen molar-refractivity contribution >= 4 is 37.6 Å². The molecule has 0 aliphatic heterocycles. The third-order valence-corrected chi connectivity index (χ3v) is 7.69. The first-order valence-corrected chi connectivity index (χ1v) is 14.2. The number of aromatic hydroxyl groups is 1. The van der Waals surface area contributed by atoms with Crippen molar-refractivity contribution < 1.29 is 27.8 Å². The second-order valence-corrected chi connectivity index (χ2v) is 10.8. The number of para-hydroxylation sites is 2. The van der Waals surface area contributed by atoms with Gasteiger partial charge in [0.1, 0.15) is 15.9 Å². The van der Waals surface area contributed by atoms with Crippen molar-refractivity contribution in [3.63, 3.8) is 0 Å². The van der Waals surface area contributed by atoms with Crippen molar-refractivity contribution in [2.45, 2.75) is 18.4 Å². The number of fused-ring (bicyclic) bond motifs is 2. The Kier molecular flexibility index (Phi) is 8.84. The number of hydrogen-bond donors (Lipinski definition) is 2. The van der Waals surface area contributed by atoms with Gasteiger partial charge < -0.3 is 19.7 Å². The molecule has 4 aromatic carbocycles. The summed E-state index contributed by atoms with van der Waals surface area (Å²) < 4.78 is 33.9. The predicted octanol–water partition coefficient (Wildman–Crippen LogP) is 5.17. The molecule has 40 heavy (non-hydrogen) atoms. The van der Waals surface area contributed by atoms with Gasteiger partial charge in [-0.15, -0.1) is 0 Å². The van der Waals surface area contributed by atoms with E-state index in [1.165, 1.54) is 52.0 Å². The Balaban J connectivity index is 0.000000259. The number of likely N-dealkylation sites (N-methyl/N-ethyl adjacent to an activating group) is 1. The van der Waals surface area contributed by atoms with Gasteiger partial charge in [-0.3, -0.25) is 0 Å². The van der Waals surface area contributed by atoms with Crippen LogP contribution in [-0.2, 0) is 16.7 Å². The Bertz CT molecular complexity index is 1710. The van der Waals surface area contributed by atoms with Gasteiger partial charge in [0.25, 0.3) is 0 Å². The molecule has 0 atom stereocenters. The quantitative estimate of drug-likeness (QED) is 0.124. The van der Waals surface area contributed by atoms with Crippen LogP contribution in [0.15, 0.2) is 109 Å². The molecular weight excluding hydrogens is 524 g/mol. The number of anilines is 1. The van der Waals surface area contributed by atoms with E-state index < -0.39 is 10.1 Å². The third-order valence-electron chi connectivity index (χ3n) is 6.71. The van der Waals surface area contributed by atoms with Crippen molar-refractivity contribution in [2.75, 3.05) is 25.1 Å². The lowest BCUT2D eigenvalue weighted by Gasteiger charge is -2.18. The summed E-state index contributed by atoms with van der Waals surface area (Å²) in [5.74, 6) is -0.227. The molecule has 206 valence electrons. The summed E-state index contributed by atoms with van der Waals surface area (Å²) in [5, 5.41) is 20.6. The number of aromatic nitrogens is 1. The Morgan fingerprint density at radius 1 is 0.925 bits per heavy atom. The highest BCUT2D eigenvalue weighted by Gasteiger charge is 2.20. The van der Waals surface area contributed by atoms with Gasteiger partial charge in [-0.25, -0.2) is 8.42 Å². The van der Waals surface area contributed by atoms with E-state index in [-0.39, 0.29) is 17.3 Å². The average molecular weight is 557 g/mol. The van der Waals surface area contributed by atoms with E-state index in [9.17, 15) is 18.1 Å². The monoisotopic (exact) mass is 556 g/mol. The van der Waals surface area contributed by atoms with E-state index >= 15 is 0 Å². The maximum absolute atomic E-state index is 10.5. The summed E-state index contributed by atoms with van der Waals surface area (Å²) in [4.78, 5) is 1.69. The summed E-state index contributed by atoms with van der Waals surface area (Å²) >= 11 is 0. The van der Waals surface area contributed by atoms with Crippen LogP contribution in [0, 0.1) is 6.92 Å². The summed E-state index contributed by atoms with van der Waals surface area (Å²) in [5.41, 5.74) is 6.30. The fraction of sp³-hybridized carbons (Fsp3) is 0.156. The number of aliphatic hydroxyl groups excluding tert-OH is 1. The van der Waals surface area contributed by atoms with Crippen LogP contribution in [-0.4, -0.2) is 43.4 Å². The number of rotatable bonds is 7. The molecule has 0 aliphatic rings. The maximum atomic E-state index is 10.5. The molecule has 0 amide bonds. The molecule has 0 saturated carbocycles. The fourth-order valence-corrected chi connectivity index (χ4v) is 5.50. The SMILES string of the molecule is C=CC[n+]1c2ccccc2c(-c2ccc(N(C)CCO)cc2)c2ccccc21.Cc1ccc(O)cc1S(=O)(=O)[O-]. The first kappa shape index (κ1) is 28.8. The van der Waals surface area contributed by atoms with Gasteiger partial charge in [0, 0.05) is 37.0 Å². The van der Waals surface area contributed by atoms with E-state index in [4.69, 9.17) is 5.11 Å². The summed E-state index contributed by atoms with van der Waals surface area (Å²) in [7, 11) is -2.47. The molecule has 5 rings (SSSR count). The number of allylic oxidation sites excluding steroid dienone is 1. The van der Waals surface area contributed by atoms with Crippen LogP contribution < -0.4 is 9.47 Å². The van der Waals surface area contributed by atoms with Gasteiger partial charge >= 0.3 is 0 Å².